The van der Waals surface area contributed by atoms with Crippen molar-refractivity contribution in [2.75, 3.05) is 13.2 Å². The van der Waals surface area contributed by atoms with Gasteiger partial charge in [-0.2, -0.15) is 0 Å². The first-order valence-corrected chi connectivity index (χ1v) is 6.17. The first kappa shape index (κ1) is 13.1. The molecule has 0 saturated heterocycles. The first-order valence-electron chi connectivity index (χ1n) is 6.17. The molecular weight excluding hydrogens is 244 g/mol. The number of hydrogen-bond acceptors (Lipinski definition) is 4. The van der Waals surface area contributed by atoms with E-state index in [0.29, 0.717) is 12.3 Å². The molecule has 2 aromatic rings. The molecule has 0 aliphatic carbocycles. The van der Waals surface area contributed by atoms with Crippen LogP contribution >= 0.6 is 0 Å². The summed E-state index contributed by atoms with van der Waals surface area (Å²) >= 11 is 0. The molecule has 2 rings (SSSR count). The van der Waals surface area contributed by atoms with E-state index < -0.39 is 0 Å². The van der Waals surface area contributed by atoms with Gasteiger partial charge in [0.1, 0.15) is 12.0 Å². The van der Waals surface area contributed by atoms with Gasteiger partial charge in [0.15, 0.2) is 6.61 Å². The molecule has 1 aromatic carbocycles. The molecule has 0 saturated carbocycles. The van der Waals surface area contributed by atoms with Crippen LogP contribution in [0, 0.1) is 0 Å². The fourth-order valence-electron chi connectivity index (χ4n) is 1.59. The lowest BCUT2D eigenvalue weighted by Gasteiger charge is -2.06. The Balaban J connectivity index is 1.57. The van der Waals surface area contributed by atoms with E-state index in [1.165, 1.54) is 0 Å². The molecule has 5 heteroatoms. The first-order chi connectivity index (χ1) is 9.34. The number of rotatable bonds is 7. The number of ether oxygens (including phenoxy) is 1. The van der Waals surface area contributed by atoms with Crippen molar-refractivity contribution in [3.63, 3.8) is 0 Å². The van der Waals surface area contributed by atoms with Gasteiger partial charge in [0.25, 0.3) is 5.91 Å². The zero-order valence-corrected chi connectivity index (χ0v) is 10.5. The summed E-state index contributed by atoms with van der Waals surface area (Å²) in [6.45, 7) is 0.652. The van der Waals surface area contributed by atoms with E-state index in [1.807, 2.05) is 30.3 Å². The lowest BCUT2D eigenvalue weighted by molar-refractivity contribution is -0.123. The molecule has 19 heavy (non-hydrogen) atoms. The average molecular weight is 260 g/mol. The van der Waals surface area contributed by atoms with Gasteiger partial charge in [-0.25, -0.2) is 0 Å². The fourth-order valence-corrected chi connectivity index (χ4v) is 1.59. The van der Waals surface area contributed by atoms with Crippen LogP contribution < -0.4 is 10.1 Å². The van der Waals surface area contributed by atoms with E-state index in [2.05, 4.69) is 10.5 Å². The average Bonchev–Trinajstić information content (AvgIpc) is 2.96. The van der Waals surface area contributed by atoms with Gasteiger partial charge in [0.05, 0.1) is 6.20 Å². The van der Waals surface area contributed by atoms with Gasteiger partial charge in [-0.1, -0.05) is 23.4 Å². The van der Waals surface area contributed by atoms with E-state index in [9.17, 15) is 4.79 Å². The van der Waals surface area contributed by atoms with Crippen LogP contribution in [-0.4, -0.2) is 24.2 Å². The van der Waals surface area contributed by atoms with Crippen molar-refractivity contribution in [3.05, 3.63) is 48.4 Å². The highest BCUT2D eigenvalue weighted by Gasteiger charge is 2.02. The number of hydrogen-bond donors (Lipinski definition) is 1. The maximum atomic E-state index is 11.5. The van der Waals surface area contributed by atoms with Crippen LogP contribution in [0.15, 0.2) is 47.3 Å². The third-order valence-electron chi connectivity index (χ3n) is 2.56. The molecule has 0 unspecified atom stereocenters. The Labute approximate surface area is 111 Å². The monoisotopic (exact) mass is 260 g/mol. The third-order valence-corrected chi connectivity index (χ3v) is 2.56. The lowest BCUT2D eigenvalue weighted by Crippen LogP contribution is -2.29. The van der Waals surface area contributed by atoms with Crippen LogP contribution in [0.3, 0.4) is 0 Å². The summed E-state index contributed by atoms with van der Waals surface area (Å²) in [6, 6.07) is 9.27. The SMILES string of the molecule is O=C(COc1ccccc1)NCCCc1cnoc1. The van der Waals surface area contributed by atoms with Crippen molar-refractivity contribution in [2.45, 2.75) is 12.8 Å². The number of benzene rings is 1. The Morgan fingerprint density at radius 3 is 2.89 bits per heavy atom. The summed E-state index contributed by atoms with van der Waals surface area (Å²) in [5, 5.41) is 6.42. The number of carbonyl (C=O) groups excluding carboxylic acids is 1. The highest BCUT2D eigenvalue weighted by Crippen LogP contribution is 2.07. The molecule has 0 fully saturated rings. The number of carbonyl (C=O) groups is 1. The predicted octanol–water partition coefficient (Wildman–Crippen LogP) is 1.80. The fraction of sp³-hybridized carbons (Fsp3) is 0.286. The van der Waals surface area contributed by atoms with E-state index in [1.54, 1.807) is 12.5 Å². The van der Waals surface area contributed by atoms with Crippen molar-refractivity contribution >= 4 is 5.91 Å². The van der Waals surface area contributed by atoms with Crippen LogP contribution in [-0.2, 0) is 11.2 Å². The molecule has 5 nitrogen and oxygen atoms in total. The van der Waals surface area contributed by atoms with Gasteiger partial charge in [0.2, 0.25) is 0 Å². The zero-order chi connectivity index (χ0) is 13.3. The number of amides is 1. The maximum absolute atomic E-state index is 11.5. The summed E-state index contributed by atoms with van der Waals surface area (Å²) in [4.78, 5) is 11.5. The standard InChI is InChI=1S/C14H16N2O3/c17-14(11-18-13-6-2-1-3-7-13)15-8-4-5-12-9-16-19-10-12/h1-3,6-7,9-10H,4-5,8,11H2,(H,15,17). The van der Waals surface area contributed by atoms with Crippen LogP contribution in [0.25, 0.3) is 0 Å². The van der Waals surface area contributed by atoms with Crippen molar-refractivity contribution in [1.29, 1.82) is 0 Å². The van der Waals surface area contributed by atoms with Crippen LogP contribution in [0.2, 0.25) is 0 Å². The van der Waals surface area contributed by atoms with Gasteiger partial charge in [-0.15, -0.1) is 0 Å². The van der Waals surface area contributed by atoms with Gasteiger partial charge in [0, 0.05) is 12.1 Å². The Kier molecular flexibility index (Phi) is 4.98. The zero-order valence-electron chi connectivity index (χ0n) is 10.5. The van der Waals surface area contributed by atoms with E-state index in [0.717, 1.165) is 18.4 Å². The topological polar surface area (TPSA) is 64.4 Å². The highest BCUT2D eigenvalue weighted by molar-refractivity contribution is 5.77. The Hall–Kier alpha value is -2.30. The normalized spacial score (nSPS) is 10.1. The van der Waals surface area contributed by atoms with Crippen molar-refractivity contribution in [2.24, 2.45) is 0 Å². The van der Waals surface area contributed by atoms with Crippen molar-refractivity contribution in [1.82, 2.24) is 10.5 Å². The minimum absolute atomic E-state index is 0.0390. The molecule has 0 radical (unpaired) electrons. The molecule has 1 amide bonds. The van der Waals surface area contributed by atoms with E-state index in [-0.39, 0.29) is 12.5 Å². The van der Waals surface area contributed by atoms with Gasteiger partial charge in [-0.3, -0.25) is 4.79 Å². The number of aromatic nitrogens is 1. The molecular formula is C14H16N2O3. The summed E-state index contributed by atoms with van der Waals surface area (Å²) in [5.41, 5.74) is 1.04. The highest BCUT2D eigenvalue weighted by atomic mass is 16.5. The van der Waals surface area contributed by atoms with Crippen LogP contribution in [0.1, 0.15) is 12.0 Å². The molecule has 1 aromatic heterocycles. The maximum Gasteiger partial charge on any atom is 0.257 e. The second-order valence-electron chi connectivity index (χ2n) is 4.09. The second-order valence-corrected chi connectivity index (χ2v) is 4.09. The molecule has 0 bridgehead atoms. The summed E-state index contributed by atoms with van der Waals surface area (Å²) < 4.78 is 10.1. The van der Waals surface area contributed by atoms with Gasteiger partial charge < -0.3 is 14.6 Å². The van der Waals surface area contributed by atoms with E-state index >= 15 is 0 Å². The Morgan fingerprint density at radius 1 is 1.32 bits per heavy atom. The van der Waals surface area contributed by atoms with Crippen LogP contribution in [0.4, 0.5) is 0 Å². The van der Waals surface area contributed by atoms with Crippen LogP contribution in [0.5, 0.6) is 5.75 Å². The number of nitrogens with zero attached hydrogens (tertiary/aromatic N) is 1. The summed E-state index contributed by atoms with van der Waals surface area (Å²) in [5.74, 6) is 0.580. The molecule has 1 N–H and O–H groups in total. The summed E-state index contributed by atoms with van der Waals surface area (Å²) in [6.07, 6.45) is 4.97. The van der Waals surface area contributed by atoms with Crippen molar-refractivity contribution in [3.8, 4) is 5.75 Å². The van der Waals surface area contributed by atoms with Gasteiger partial charge in [-0.05, 0) is 25.0 Å². The Bertz CT molecular complexity index is 483. The Morgan fingerprint density at radius 2 is 2.16 bits per heavy atom. The largest absolute Gasteiger partial charge is 0.484 e. The number of nitrogens with one attached hydrogen (secondary N) is 1. The number of aryl methyl sites for hydroxylation is 1. The summed E-state index contributed by atoms with van der Waals surface area (Å²) in [7, 11) is 0. The molecule has 0 aliphatic heterocycles. The van der Waals surface area contributed by atoms with Crippen molar-refractivity contribution < 1.29 is 14.1 Å². The minimum atomic E-state index is -0.117. The molecule has 1 heterocycles. The number of para-hydroxylation sites is 1. The minimum Gasteiger partial charge on any atom is -0.484 e. The van der Waals surface area contributed by atoms with Gasteiger partial charge >= 0.3 is 0 Å². The smallest absolute Gasteiger partial charge is 0.257 e. The molecule has 100 valence electrons. The predicted molar refractivity (Wildman–Crippen MR) is 69.8 cm³/mol. The molecule has 0 spiro atoms. The third kappa shape index (κ3) is 4.83. The second kappa shape index (κ2) is 7.20. The molecule has 0 atom stereocenters. The lowest BCUT2D eigenvalue weighted by atomic mass is 10.2. The molecule has 0 aliphatic rings. The quantitative estimate of drug-likeness (QED) is 0.771. The van der Waals surface area contributed by atoms with E-state index in [4.69, 9.17) is 9.26 Å².